The summed E-state index contributed by atoms with van der Waals surface area (Å²) in [5, 5.41) is 11.6. The zero-order valence-corrected chi connectivity index (χ0v) is 26.5. The van der Waals surface area contributed by atoms with Crippen LogP contribution in [0.15, 0.2) is 54.1 Å². The van der Waals surface area contributed by atoms with Crippen molar-refractivity contribution in [1.29, 1.82) is 0 Å². The molecule has 3 nitrogen and oxygen atoms in total. The van der Waals surface area contributed by atoms with Gasteiger partial charge in [0.15, 0.2) is 0 Å². The Morgan fingerprint density at radius 1 is 1.02 bits per heavy atom. The van der Waals surface area contributed by atoms with E-state index in [0.717, 1.165) is 44.1 Å². The molecule has 6 atom stereocenters. The summed E-state index contributed by atoms with van der Waals surface area (Å²) in [6.07, 6.45) is 13.8. The highest BCUT2D eigenvalue weighted by Gasteiger charge is 2.57. The molecule has 0 unspecified atom stereocenters. The Morgan fingerprint density at radius 2 is 1.70 bits per heavy atom. The van der Waals surface area contributed by atoms with E-state index in [9.17, 15) is 9.90 Å². The van der Waals surface area contributed by atoms with Gasteiger partial charge in [-0.15, -0.1) is 0 Å². The molecule has 0 aromatic heterocycles. The molecule has 0 spiro atoms. The summed E-state index contributed by atoms with van der Waals surface area (Å²) in [4.78, 5) is 13.2. The van der Waals surface area contributed by atoms with Crippen molar-refractivity contribution in [2.75, 3.05) is 0 Å². The van der Waals surface area contributed by atoms with Gasteiger partial charge >= 0.3 is 5.97 Å². The van der Waals surface area contributed by atoms with E-state index >= 15 is 0 Å². The van der Waals surface area contributed by atoms with Gasteiger partial charge in [0.2, 0.25) is 0 Å². The lowest BCUT2D eigenvalue weighted by atomic mass is 9.45. The molecule has 3 saturated carbocycles. The number of ether oxygens (including phenoxy) is 1. The predicted molar refractivity (Wildman–Crippen MR) is 166 cm³/mol. The SMILES string of the molecule is C=C1CCCC(C)(C)[C@@H]1C[C@H](OC(=O)c1ccccc1)C(C)=CCC[C@@H]1[C@@]2(C)CCCC(C)(C)[C@@H]2CC[C@@]1(C)O. The van der Waals surface area contributed by atoms with Gasteiger partial charge in [0.05, 0.1) is 11.2 Å². The van der Waals surface area contributed by atoms with Crippen LogP contribution in [0.4, 0.5) is 0 Å². The minimum absolute atomic E-state index is 0.144. The predicted octanol–water partition coefficient (Wildman–Crippen LogP) is 9.70. The third kappa shape index (κ3) is 6.45. The summed E-state index contributed by atoms with van der Waals surface area (Å²) < 4.78 is 6.26. The van der Waals surface area contributed by atoms with Crippen LogP contribution in [0.2, 0.25) is 0 Å². The molecule has 0 saturated heterocycles. The highest BCUT2D eigenvalue weighted by atomic mass is 16.5. The number of fused-ring (bicyclic) bond motifs is 1. The molecule has 0 heterocycles. The van der Waals surface area contributed by atoms with Crippen molar-refractivity contribution in [3.63, 3.8) is 0 Å². The normalized spacial score (nSPS) is 34.5. The van der Waals surface area contributed by atoms with E-state index in [1.54, 1.807) is 0 Å². The Hall–Kier alpha value is -1.87. The number of aliphatic hydroxyl groups is 1. The molecule has 0 amide bonds. The quantitative estimate of drug-likeness (QED) is 0.260. The molecule has 0 bridgehead atoms. The van der Waals surface area contributed by atoms with Crippen molar-refractivity contribution < 1.29 is 14.6 Å². The first-order valence-electron chi connectivity index (χ1n) is 16.0. The molecule has 3 heteroatoms. The largest absolute Gasteiger partial charge is 0.454 e. The van der Waals surface area contributed by atoms with Crippen molar-refractivity contribution in [3.8, 4) is 0 Å². The summed E-state index contributed by atoms with van der Waals surface area (Å²) >= 11 is 0. The Bertz CT molecular complexity index is 1080. The zero-order chi connectivity index (χ0) is 29.3. The molecular formula is C37H56O3. The molecule has 222 valence electrons. The van der Waals surface area contributed by atoms with E-state index in [-0.39, 0.29) is 28.8 Å². The maximum atomic E-state index is 13.2. The second kappa shape index (κ2) is 11.8. The molecule has 1 N–H and O–H groups in total. The lowest BCUT2D eigenvalue weighted by Gasteiger charge is -2.61. The Balaban J connectivity index is 1.54. The minimum atomic E-state index is -0.635. The third-order valence-corrected chi connectivity index (χ3v) is 11.7. The summed E-state index contributed by atoms with van der Waals surface area (Å²) in [6.45, 7) is 20.7. The average molecular weight is 549 g/mol. The Morgan fingerprint density at radius 3 is 2.38 bits per heavy atom. The Labute approximate surface area is 244 Å². The van der Waals surface area contributed by atoms with E-state index in [2.05, 4.69) is 61.1 Å². The van der Waals surface area contributed by atoms with Gasteiger partial charge in [-0.3, -0.25) is 0 Å². The van der Waals surface area contributed by atoms with E-state index in [4.69, 9.17) is 4.74 Å². The molecule has 3 aliphatic rings. The van der Waals surface area contributed by atoms with Gasteiger partial charge in [-0.2, -0.15) is 0 Å². The first-order valence-corrected chi connectivity index (χ1v) is 16.0. The fourth-order valence-electron chi connectivity index (χ4n) is 9.34. The van der Waals surface area contributed by atoms with E-state index in [1.165, 1.54) is 37.7 Å². The molecule has 0 aliphatic heterocycles. The van der Waals surface area contributed by atoms with Crippen molar-refractivity contribution in [3.05, 3.63) is 59.7 Å². The molecule has 1 aromatic rings. The van der Waals surface area contributed by atoms with Crippen LogP contribution in [-0.2, 0) is 4.74 Å². The summed E-state index contributed by atoms with van der Waals surface area (Å²) in [5.74, 6) is 0.988. The van der Waals surface area contributed by atoms with Gasteiger partial charge in [-0.05, 0) is 130 Å². The van der Waals surface area contributed by atoms with E-state index in [1.807, 2.05) is 30.3 Å². The molecule has 1 aromatic carbocycles. The minimum Gasteiger partial charge on any atom is -0.454 e. The van der Waals surface area contributed by atoms with Crippen LogP contribution in [0.1, 0.15) is 129 Å². The number of carbonyl (C=O) groups is 1. The second-order valence-corrected chi connectivity index (χ2v) is 15.4. The summed E-state index contributed by atoms with van der Waals surface area (Å²) in [5.41, 5.74) is 3.02. The third-order valence-electron chi connectivity index (χ3n) is 11.7. The lowest BCUT2D eigenvalue weighted by molar-refractivity contribution is -0.168. The molecule has 4 rings (SSSR count). The van der Waals surface area contributed by atoms with Crippen LogP contribution >= 0.6 is 0 Å². The lowest BCUT2D eigenvalue weighted by Crippen LogP contribution is -2.57. The molecule has 40 heavy (non-hydrogen) atoms. The number of hydrogen-bond acceptors (Lipinski definition) is 3. The maximum Gasteiger partial charge on any atom is 0.338 e. The fourth-order valence-corrected chi connectivity index (χ4v) is 9.34. The highest BCUT2D eigenvalue weighted by molar-refractivity contribution is 5.89. The van der Waals surface area contributed by atoms with Crippen LogP contribution in [0, 0.1) is 34.0 Å². The number of hydrogen-bond donors (Lipinski definition) is 1. The second-order valence-electron chi connectivity index (χ2n) is 15.4. The maximum absolute atomic E-state index is 13.2. The van der Waals surface area contributed by atoms with Crippen LogP contribution in [0.25, 0.3) is 0 Å². The fraction of sp³-hybridized carbons (Fsp3) is 0.703. The van der Waals surface area contributed by atoms with Crippen LogP contribution in [0.5, 0.6) is 0 Å². The van der Waals surface area contributed by atoms with Crippen molar-refractivity contribution in [1.82, 2.24) is 0 Å². The van der Waals surface area contributed by atoms with E-state index < -0.39 is 5.60 Å². The smallest absolute Gasteiger partial charge is 0.338 e. The van der Waals surface area contributed by atoms with Gasteiger partial charge in [-0.1, -0.05) is 77.5 Å². The summed E-state index contributed by atoms with van der Waals surface area (Å²) in [6, 6.07) is 9.35. The molecule has 3 fully saturated rings. The first kappa shape index (κ1) is 31.1. The monoisotopic (exact) mass is 548 g/mol. The number of rotatable bonds is 8. The highest BCUT2D eigenvalue weighted by Crippen LogP contribution is 2.63. The van der Waals surface area contributed by atoms with Gasteiger partial charge in [0.1, 0.15) is 6.10 Å². The number of allylic oxidation sites excluding steroid dienone is 2. The van der Waals surface area contributed by atoms with Crippen LogP contribution in [0.3, 0.4) is 0 Å². The number of carbonyl (C=O) groups excluding carboxylic acids is 1. The van der Waals surface area contributed by atoms with Crippen molar-refractivity contribution in [2.24, 2.45) is 34.0 Å². The molecular weight excluding hydrogens is 492 g/mol. The van der Waals surface area contributed by atoms with Crippen LogP contribution < -0.4 is 0 Å². The molecule has 3 aliphatic carbocycles. The number of benzene rings is 1. The zero-order valence-electron chi connectivity index (χ0n) is 26.5. The van der Waals surface area contributed by atoms with Crippen molar-refractivity contribution >= 4 is 5.97 Å². The van der Waals surface area contributed by atoms with Crippen molar-refractivity contribution in [2.45, 2.75) is 131 Å². The van der Waals surface area contributed by atoms with Gasteiger partial charge in [-0.25, -0.2) is 4.79 Å². The van der Waals surface area contributed by atoms with Gasteiger partial charge in [0.25, 0.3) is 0 Å². The van der Waals surface area contributed by atoms with Gasteiger partial charge < -0.3 is 9.84 Å². The topological polar surface area (TPSA) is 46.5 Å². The van der Waals surface area contributed by atoms with E-state index in [0.29, 0.717) is 22.8 Å². The molecule has 0 radical (unpaired) electrons. The number of esters is 1. The standard InChI is InChI=1S/C37H56O3/c1-26-16-13-21-34(3,4)29(26)25-30(40-33(38)28-17-10-9-11-18-28)27(2)15-12-19-32-36(7)23-14-22-35(5,6)31(36)20-24-37(32,8)39/h9-11,15,17-18,29-32,39H,1,12-14,16,19-25H2,2-8H3/t29-,30+,31+,32-,36+,37-/m1/s1. The average Bonchev–Trinajstić information content (AvgIpc) is 2.86. The Kier molecular flexibility index (Phi) is 9.16. The van der Waals surface area contributed by atoms with Crippen LogP contribution in [-0.4, -0.2) is 22.8 Å². The first-order chi connectivity index (χ1) is 18.7. The summed E-state index contributed by atoms with van der Waals surface area (Å²) in [7, 11) is 0. The van der Waals surface area contributed by atoms with Gasteiger partial charge in [0, 0.05) is 0 Å².